The van der Waals surface area contributed by atoms with Gasteiger partial charge in [0.05, 0.1) is 19.9 Å². The Morgan fingerprint density at radius 2 is 2.05 bits per heavy atom. The highest BCUT2D eigenvalue weighted by Gasteiger charge is 2.11. The van der Waals surface area contributed by atoms with Crippen LogP contribution in [0.2, 0.25) is 0 Å². The number of hydrogen-bond donors (Lipinski definition) is 1. The van der Waals surface area contributed by atoms with Gasteiger partial charge in [0.25, 0.3) is 0 Å². The highest BCUT2D eigenvalue weighted by molar-refractivity contribution is 7.98. The number of nitrogens with zero attached hydrogens (tertiary/aromatic N) is 1. The van der Waals surface area contributed by atoms with Crippen LogP contribution in [0.1, 0.15) is 11.3 Å². The van der Waals surface area contributed by atoms with Crippen molar-refractivity contribution in [3.63, 3.8) is 0 Å². The summed E-state index contributed by atoms with van der Waals surface area (Å²) in [7, 11) is 5.22. The van der Waals surface area contributed by atoms with E-state index in [0.29, 0.717) is 11.5 Å². The number of hydrogen-bond acceptors (Lipinski definition) is 5. The number of ether oxygens (including phenoxy) is 2. The average Bonchev–Trinajstić information content (AvgIpc) is 2.53. The van der Waals surface area contributed by atoms with Gasteiger partial charge >= 0.3 is 0 Å². The second-order valence-corrected chi connectivity index (χ2v) is 5.51. The second-order valence-electron chi connectivity index (χ2n) is 4.46. The summed E-state index contributed by atoms with van der Waals surface area (Å²) >= 11 is 1.74. The molecule has 2 rings (SSSR count). The molecular formula is C16H20N2O2S. The second kappa shape index (κ2) is 7.90. The van der Waals surface area contributed by atoms with Crippen LogP contribution >= 0.6 is 11.8 Å². The van der Waals surface area contributed by atoms with E-state index in [9.17, 15) is 0 Å². The maximum atomic E-state index is 5.41. The van der Waals surface area contributed by atoms with Gasteiger partial charge in [0, 0.05) is 29.5 Å². The number of methoxy groups -OCH3 is 2. The number of rotatable bonds is 7. The first-order valence-corrected chi connectivity index (χ1v) is 7.69. The lowest BCUT2D eigenvalue weighted by atomic mass is 10.2. The average molecular weight is 304 g/mol. The fourth-order valence-corrected chi connectivity index (χ4v) is 2.97. The van der Waals surface area contributed by atoms with E-state index < -0.39 is 0 Å². The van der Waals surface area contributed by atoms with Crippen LogP contribution in [0.25, 0.3) is 0 Å². The number of nitrogens with one attached hydrogen (secondary N) is 1. The molecule has 0 unspecified atom stereocenters. The molecule has 112 valence electrons. The van der Waals surface area contributed by atoms with E-state index >= 15 is 0 Å². The molecule has 21 heavy (non-hydrogen) atoms. The van der Waals surface area contributed by atoms with Gasteiger partial charge in [0.1, 0.15) is 0 Å². The molecule has 0 fully saturated rings. The van der Waals surface area contributed by atoms with E-state index in [-0.39, 0.29) is 0 Å². The molecule has 0 aliphatic heterocycles. The minimum absolute atomic E-state index is 0.707. The SMILES string of the molecule is CNCc1cccc(SCc2nccc(OC)c2OC)c1. The summed E-state index contributed by atoms with van der Waals surface area (Å²) in [6, 6.07) is 10.3. The minimum Gasteiger partial charge on any atom is -0.493 e. The first kappa shape index (κ1) is 15.7. The van der Waals surface area contributed by atoms with Gasteiger partial charge in [-0.15, -0.1) is 11.8 Å². The standard InChI is InChI=1S/C16H20N2O2S/c1-17-10-12-5-4-6-13(9-12)21-11-14-16(20-3)15(19-2)7-8-18-14/h4-9,17H,10-11H2,1-3H3. The van der Waals surface area contributed by atoms with Gasteiger partial charge in [-0.2, -0.15) is 0 Å². The summed E-state index contributed by atoms with van der Waals surface area (Å²) in [5.74, 6) is 2.16. The van der Waals surface area contributed by atoms with Gasteiger partial charge < -0.3 is 14.8 Å². The summed E-state index contributed by atoms with van der Waals surface area (Å²) in [5.41, 5.74) is 2.16. The van der Waals surface area contributed by atoms with Gasteiger partial charge in [-0.3, -0.25) is 4.98 Å². The van der Waals surface area contributed by atoms with Crippen LogP contribution in [-0.4, -0.2) is 26.3 Å². The van der Waals surface area contributed by atoms with Gasteiger partial charge in [-0.25, -0.2) is 0 Å². The molecule has 5 heteroatoms. The third-order valence-electron chi connectivity index (χ3n) is 3.02. The summed E-state index contributed by atoms with van der Waals surface area (Å²) in [6.45, 7) is 0.870. The van der Waals surface area contributed by atoms with Gasteiger partial charge in [0.15, 0.2) is 11.5 Å². The van der Waals surface area contributed by atoms with E-state index in [0.717, 1.165) is 18.0 Å². The lowest BCUT2D eigenvalue weighted by Crippen LogP contribution is -2.04. The van der Waals surface area contributed by atoms with Crippen LogP contribution in [0.4, 0.5) is 0 Å². The van der Waals surface area contributed by atoms with E-state index in [4.69, 9.17) is 9.47 Å². The maximum Gasteiger partial charge on any atom is 0.183 e. The molecule has 4 nitrogen and oxygen atoms in total. The van der Waals surface area contributed by atoms with E-state index in [1.807, 2.05) is 7.05 Å². The predicted octanol–water partition coefficient (Wildman–Crippen LogP) is 3.11. The fraction of sp³-hybridized carbons (Fsp3) is 0.312. The van der Waals surface area contributed by atoms with Crippen LogP contribution in [0.3, 0.4) is 0 Å². The number of benzene rings is 1. The van der Waals surface area contributed by atoms with Crippen LogP contribution in [0, 0.1) is 0 Å². The predicted molar refractivity (Wildman–Crippen MR) is 86.1 cm³/mol. The first-order valence-electron chi connectivity index (χ1n) is 6.70. The van der Waals surface area contributed by atoms with Crippen molar-refractivity contribution in [1.29, 1.82) is 0 Å². The smallest absolute Gasteiger partial charge is 0.183 e. The van der Waals surface area contributed by atoms with Crippen molar-refractivity contribution >= 4 is 11.8 Å². The molecule has 0 aliphatic carbocycles. The highest BCUT2D eigenvalue weighted by Crippen LogP contribution is 2.33. The molecule has 0 saturated carbocycles. The molecule has 2 aromatic rings. The van der Waals surface area contributed by atoms with E-state index in [2.05, 4.69) is 34.6 Å². The fourth-order valence-electron chi connectivity index (χ4n) is 2.05. The molecule has 0 radical (unpaired) electrons. The van der Waals surface area contributed by atoms with Crippen molar-refractivity contribution < 1.29 is 9.47 Å². The largest absolute Gasteiger partial charge is 0.493 e. The molecular weight excluding hydrogens is 284 g/mol. The Labute approximate surface area is 129 Å². The maximum absolute atomic E-state index is 5.41. The monoisotopic (exact) mass is 304 g/mol. The zero-order chi connectivity index (χ0) is 15.1. The molecule has 0 amide bonds. The van der Waals surface area contributed by atoms with E-state index in [1.165, 1.54) is 10.5 Å². The Balaban J connectivity index is 2.11. The molecule has 1 aromatic carbocycles. The Morgan fingerprint density at radius 3 is 2.76 bits per heavy atom. The number of thioether (sulfide) groups is 1. The van der Waals surface area contributed by atoms with E-state index in [1.54, 1.807) is 38.2 Å². The Hall–Kier alpha value is -1.72. The molecule has 1 N–H and O–H groups in total. The van der Waals surface area contributed by atoms with Crippen molar-refractivity contribution in [1.82, 2.24) is 10.3 Å². The quantitative estimate of drug-likeness (QED) is 0.796. The molecule has 0 bridgehead atoms. The molecule has 0 saturated heterocycles. The van der Waals surface area contributed by atoms with Crippen LogP contribution < -0.4 is 14.8 Å². The Kier molecular flexibility index (Phi) is 5.90. The van der Waals surface area contributed by atoms with Gasteiger partial charge in [-0.1, -0.05) is 12.1 Å². The van der Waals surface area contributed by atoms with Crippen molar-refractivity contribution in [2.45, 2.75) is 17.2 Å². The van der Waals surface area contributed by atoms with Gasteiger partial charge in [0.2, 0.25) is 0 Å². The Morgan fingerprint density at radius 1 is 1.19 bits per heavy atom. The highest BCUT2D eigenvalue weighted by atomic mass is 32.2. The molecule has 0 atom stereocenters. The number of aromatic nitrogens is 1. The summed E-state index contributed by atoms with van der Waals surface area (Å²) in [5, 5.41) is 3.16. The normalized spacial score (nSPS) is 10.4. The Bertz CT molecular complexity index is 590. The van der Waals surface area contributed by atoms with Crippen LogP contribution in [0.15, 0.2) is 41.4 Å². The van der Waals surface area contributed by atoms with Crippen LogP contribution in [-0.2, 0) is 12.3 Å². The van der Waals surface area contributed by atoms with Crippen molar-refractivity contribution in [2.75, 3.05) is 21.3 Å². The third-order valence-corrected chi connectivity index (χ3v) is 4.03. The zero-order valence-corrected chi connectivity index (χ0v) is 13.4. The van der Waals surface area contributed by atoms with Gasteiger partial charge in [-0.05, 0) is 24.7 Å². The summed E-state index contributed by atoms with van der Waals surface area (Å²) < 4.78 is 10.7. The number of pyridine rings is 1. The summed E-state index contributed by atoms with van der Waals surface area (Å²) in [6.07, 6.45) is 1.74. The van der Waals surface area contributed by atoms with Crippen molar-refractivity contribution in [3.05, 3.63) is 47.8 Å². The topological polar surface area (TPSA) is 43.4 Å². The molecule has 1 heterocycles. The minimum atomic E-state index is 0.707. The summed E-state index contributed by atoms with van der Waals surface area (Å²) in [4.78, 5) is 5.61. The third kappa shape index (κ3) is 4.12. The molecule has 0 aliphatic rings. The lowest BCUT2D eigenvalue weighted by Gasteiger charge is -2.11. The molecule has 0 spiro atoms. The zero-order valence-electron chi connectivity index (χ0n) is 12.6. The van der Waals surface area contributed by atoms with Crippen molar-refractivity contribution in [3.8, 4) is 11.5 Å². The van der Waals surface area contributed by atoms with Crippen LogP contribution in [0.5, 0.6) is 11.5 Å². The molecule has 1 aromatic heterocycles. The lowest BCUT2D eigenvalue weighted by molar-refractivity contribution is 0.350. The first-order chi connectivity index (χ1) is 10.3. The van der Waals surface area contributed by atoms with Crippen molar-refractivity contribution in [2.24, 2.45) is 0 Å².